The van der Waals surface area contributed by atoms with Crippen LogP contribution in [0.3, 0.4) is 0 Å². The largest absolute Gasteiger partial charge is 0.497 e. The summed E-state index contributed by atoms with van der Waals surface area (Å²) in [6.07, 6.45) is 0.162. The number of hydrogen-bond donors (Lipinski definition) is 5. The summed E-state index contributed by atoms with van der Waals surface area (Å²) in [6, 6.07) is 11.3. The first-order valence-corrected chi connectivity index (χ1v) is 21.5. The average Bonchev–Trinajstić information content (AvgIpc) is 3.57. The minimum atomic E-state index is -1.67. The van der Waals surface area contributed by atoms with E-state index in [1.54, 1.807) is 32.2 Å². The molecule has 6 N–H and O–H groups in total. The molecule has 2 fully saturated rings. The summed E-state index contributed by atoms with van der Waals surface area (Å²) in [7, 11) is 1.57. The van der Waals surface area contributed by atoms with E-state index in [0.717, 1.165) is 16.3 Å². The number of benzene rings is 2. The Kier molecular flexibility index (Phi) is 11.9. The molecule has 1 saturated heterocycles. The van der Waals surface area contributed by atoms with Gasteiger partial charge in [-0.15, -0.1) is 17.9 Å². The number of nitrogens with two attached hydrogens (primary N) is 1. The van der Waals surface area contributed by atoms with E-state index in [9.17, 15) is 24.3 Å². The first-order chi connectivity index (χ1) is 28.9. The summed E-state index contributed by atoms with van der Waals surface area (Å²) < 4.78 is 17.5. The number of pyridine rings is 1. The molecule has 3 amide bonds. The van der Waals surface area contributed by atoms with Crippen LogP contribution in [0.25, 0.3) is 22.3 Å². The van der Waals surface area contributed by atoms with Crippen molar-refractivity contribution in [2.24, 2.45) is 16.6 Å². The summed E-state index contributed by atoms with van der Waals surface area (Å²) in [5.41, 5.74) is 6.10. The van der Waals surface area contributed by atoms with E-state index in [1.807, 2.05) is 70.3 Å². The average molecular weight is 854 g/mol. The monoisotopic (exact) mass is 853 g/mol. The van der Waals surface area contributed by atoms with E-state index in [0.29, 0.717) is 40.2 Å². The van der Waals surface area contributed by atoms with Crippen LogP contribution in [0.4, 0.5) is 9.93 Å². The molecule has 61 heavy (non-hydrogen) atoms. The molecule has 1 saturated carbocycles. The fourth-order valence-corrected chi connectivity index (χ4v) is 9.36. The Bertz CT molecular complexity index is 2360. The number of aliphatic hydroxyl groups excluding tert-OH is 1. The van der Waals surface area contributed by atoms with Crippen molar-refractivity contribution in [3.8, 4) is 22.9 Å². The number of rotatable bonds is 14. The zero-order valence-electron chi connectivity index (χ0n) is 35.6. The second-order valence-electron chi connectivity index (χ2n) is 17.5. The summed E-state index contributed by atoms with van der Waals surface area (Å²) in [6.45, 7) is 15.1. The standard InChI is InChI=1S/C45H55N7O8S/c1-9-44(23-45(44,46)40(56)59-10-2)38(54)33-19-27(60-35-20-31(32-22-61-41(49-32)47-24(3)4)48-30-18-26(58-8)15-16-29(30)35)21-52(33)42(57)51-37(43(5,6)7)39(55)50-36-28-14-12-11-13-25(28)17-34(36)53/h9,11-16,18,20,22,24,27,33-34,36-37,53H,1,10,17,19,21,23,46H2,2-8H3,(H,47,49)(H,50,55)(H,51,57). The minimum Gasteiger partial charge on any atom is -0.497 e. The van der Waals surface area contributed by atoms with Crippen LogP contribution in [0.5, 0.6) is 11.5 Å². The van der Waals surface area contributed by atoms with Gasteiger partial charge in [0.05, 0.1) is 55.1 Å². The molecule has 7 rings (SSSR count). The van der Waals surface area contributed by atoms with Crippen LogP contribution < -0.4 is 31.2 Å². The number of aromatic nitrogens is 2. The van der Waals surface area contributed by atoms with Gasteiger partial charge in [0.2, 0.25) is 5.91 Å². The van der Waals surface area contributed by atoms with Crippen LogP contribution in [0.15, 0.2) is 66.6 Å². The van der Waals surface area contributed by atoms with Gasteiger partial charge >= 0.3 is 12.0 Å². The van der Waals surface area contributed by atoms with E-state index in [4.69, 9.17) is 29.9 Å². The van der Waals surface area contributed by atoms with Gasteiger partial charge in [0, 0.05) is 41.8 Å². The molecule has 2 aromatic heterocycles. The Morgan fingerprint density at radius 1 is 1.11 bits per heavy atom. The molecule has 0 radical (unpaired) electrons. The van der Waals surface area contributed by atoms with Gasteiger partial charge in [-0.1, -0.05) is 51.1 Å². The lowest BCUT2D eigenvalue weighted by atomic mass is 9.85. The number of carbonyl (C=O) groups excluding carboxylic acids is 4. The van der Waals surface area contributed by atoms with Crippen molar-refractivity contribution < 1.29 is 38.5 Å². The highest BCUT2D eigenvalue weighted by Gasteiger charge is 2.75. The molecule has 3 aliphatic rings. The van der Waals surface area contributed by atoms with Gasteiger partial charge in [-0.25, -0.2) is 14.8 Å². The van der Waals surface area contributed by atoms with E-state index < -0.39 is 70.4 Å². The molecule has 2 aliphatic carbocycles. The summed E-state index contributed by atoms with van der Waals surface area (Å²) in [5, 5.41) is 23.5. The predicted octanol–water partition coefficient (Wildman–Crippen LogP) is 5.31. The van der Waals surface area contributed by atoms with Crippen molar-refractivity contribution in [3.05, 3.63) is 77.7 Å². The number of nitrogens with zero attached hydrogens (tertiary/aromatic N) is 3. The van der Waals surface area contributed by atoms with E-state index in [2.05, 4.69) is 22.5 Å². The molecular weight excluding hydrogens is 799 g/mol. The first kappa shape index (κ1) is 43.5. The molecule has 324 valence electrons. The number of esters is 1. The zero-order valence-corrected chi connectivity index (χ0v) is 36.4. The fourth-order valence-electron chi connectivity index (χ4n) is 8.51. The summed E-state index contributed by atoms with van der Waals surface area (Å²) in [4.78, 5) is 67.7. The number of aliphatic hydroxyl groups is 1. The van der Waals surface area contributed by atoms with Gasteiger partial charge in [0.1, 0.15) is 34.9 Å². The van der Waals surface area contributed by atoms with Crippen molar-refractivity contribution in [1.82, 2.24) is 25.5 Å². The van der Waals surface area contributed by atoms with Crippen molar-refractivity contribution in [2.45, 2.75) is 103 Å². The number of methoxy groups -OCH3 is 1. The summed E-state index contributed by atoms with van der Waals surface area (Å²) >= 11 is 1.45. The minimum absolute atomic E-state index is 0.0344. The van der Waals surface area contributed by atoms with Crippen molar-refractivity contribution >= 4 is 51.1 Å². The number of ether oxygens (including phenoxy) is 3. The molecule has 16 heteroatoms. The first-order valence-electron chi connectivity index (χ1n) is 20.6. The number of likely N-dealkylation sites (tertiary alicyclic amines) is 1. The highest BCUT2D eigenvalue weighted by molar-refractivity contribution is 7.14. The number of nitrogens with one attached hydrogen (secondary N) is 3. The van der Waals surface area contributed by atoms with Crippen LogP contribution >= 0.6 is 11.3 Å². The smallest absolute Gasteiger partial charge is 0.327 e. The second kappa shape index (κ2) is 16.7. The van der Waals surface area contributed by atoms with Crippen molar-refractivity contribution in [1.29, 1.82) is 0 Å². The molecule has 4 aromatic rings. The molecule has 7 atom stereocenters. The van der Waals surface area contributed by atoms with Crippen LogP contribution in [-0.4, -0.2) is 99.8 Å². The second-order valence-corrected chi connectivity index (χ2v) is 18.3. The lowest BCUT2D eigenvalue weighted by molar-refractivity contribution is -0.148. The molecule has 0 spiro atoms. The lowest BCUT2D eigenvalue weighted by Gasteiger charge is -2.34. The quantitative estimate of drug-likeness (QED) is 0.0808. The predicted molar refractivity (Wildman–Crippen MR) is 232 cm³/mol. The summed E-state index contributed by atoms with van der Waals surface area (Å²) in [5.74, 6) is -0.679. The van der Waals surface area contributed by atoms with Gasteiger partial charge < -0.3 is 45.9 Å². The van der Waals surface area contributed by atoms with Crippen LogP contribution in [0.2, 0.25) is 0 Å². The van der Waals surface area contributed by atoms with Gasteiger partial charge in [-0.3, -0.25) is 14.4 Å². The zero-order chi connectivity index (χ0) is 44.0. The number of thiazole rings is 1. The maximum absolute atomic E-state index is 14.8. The van der Waals surface area contributed by atoms with Gasteiger partial charge in [0.15, 0.2) is 10.9 Å². The van der Waals surface area contributed by atoms with Crippen LogP contribution in [0.1, 0.15) is 71.6 Å². The Labute approximate surface area is 359 Å². The molecule has 15 nitrogen and oxygen atoms in total. The third kappa shape index (κ3) is 8.28. The maximum Gasteiger partial charge on any atom is 0.327 e. The third-order valence-corrected chi connectivity index (χ3v) is 12.6. The number of hydrogen-bond acceptors (Lipinski definition) is 13. The number of anilines is 1. The molecule has 3 heterocycles. The van der Waals surface area contributed by atoms with Crippen LogP contribution in [-0.2, 0) is 25.5 Å². The Balaban J connectivity index is 1.21. The number of urea groups is 1. The normalized spacial score (nSPS) is 24.8. The molecule has 7 unspecified atom stereocenters. The SMILES string of the molecule is C=CC1(C(=O)C2CC(Oc3cc(-c4csc(NC(C)C)n4)nc4cc(OC)ccc34)CN2C(=O)NC(C(=O)NC2c3ccccc3CC2O)C(C)(C)C)CC1(N)C(=O)OCC. The fraction of sp³-hybridized carbons (Fsp3) is 0.467. The highest BCUT2D eigenvalue weighted by Crippen LogP contribution is 2.58. The van der Waals surface area contributed by atoms with Crippen molar-refractivity contribution in [3.63, 3.8) is 0 Å². The van der Waals surface area contributed by atoms with E-state index >= 15 is 0 Å². The van der Waals surface area contributed by atoms with Gasteiger partial charge in [-0.2, -0.15) is 0 Å². The number of amides is 3. The topological polar surface area (TPSA) is 207 Å². The molecule has 0 bridgehead atoms. The van der Waals surface area contributed by atoms with Gasteiger partial charge in [0.25, 0.3) is 0 Å². The number of fused-ring (bicyclic) bond motifs is 2. The Hall–Kier alpha value is -5.58. The highest BCUT2D eigenvalue weighted by atomic mass is 32.1. The molecule has 1 aliphatic heterocycles. The maximum atomic E-state index is 14.8. The van der Waals surface area contributed by atoms with E-state index in [-0.39, 0.29) is 32.0 Å². The van der Waals surface area contributed by atoms with E-state index in [1.165, 1.54) is 22.3 Å². The molecular formula is C45H55N7O8S. The lowest BCUT2D eigenvalue weighted by Crippen LogP contribution is -2.59. The Morgan fingerprint density at radius 3 is 2.56 bits per heavy atom. The number of ketones is 1. The third-order valence-electron chi connectivity index (χ3n) is 11.8. The van der Waals surface area contributed by atoms with Crippen molar-refractivity contribution in [2.75, 3.05) is 25.6 Å². The number of carbonyl (C=O) groups is 4. The molecule has 2 aromatic carbocycles. The van der Waals surface area contributed by atoms with Crippen LogP contribution in [0, 0.1) is 10.8 Å². The van der Waals surface area contributed by atoms with Gasteiger partial charge in [-0.05, 0) is 55.9 Å². The number of Topliss-reactive ketones (excluding diaryl/α,β-unsaturated/α-hetero) is 1. The Morgan fingerprint density at radius 2 is 1.87 bits per heavy atom.